The number of nitro groups is 1. The highest BCUT2D eigenvalue weighted by Gasteiger charge is 2.10. The first-order valence-electron chi connectivity index (χ1n) is 4.30. The van der Waals surface area contributed by atoms with Crippen molar-refractivity contribution in [3.05, 3.63) is 28.3 Å². The highest BCUT2D eigenvalue weighted by atomic mass is 16.6. The van der Waals surface area contributed by atoms with Gasteiger partial charge in [-0.25, -0.2) is 5.01 Å². The lowest BCUT2D eigenvalue weighted by molar-refractivity contribution is -0.384. The third-order valence-corrected chi connectivity index (χ3v) is 1.69. The highest BCUT2D eigenvalue weighted by Crippen LogP contribution is 2.25. The summed E-state index contributed by atoms with van der Waals surface area (Å²) in [5.74, 6) is 0.452. The first-order chi connectivity index (χ1) is 7.02. The van der Waals surface area contributed by atoms with Crippen molar-refractivity contribution < 1.29 is 9.66 Å². The van der Waals surface area contributed by atoms with E-state index in [0.29, 0.717) is 11.4 Å². The normalized spacial score (nSPS) is 10.1. The van der Waals surface area contributed by atoms with Gasteiger partial charge in [-0.05, 0) is 0 Å². The molecule has 0 aliphatic rings. The summed E-state index contributed by atoms with van der Waals surface area (Å²) in [6, 6.07) is 4.51. The minimum Gasteiger partial charge on any atom is -0.496 e. The highest BCUT2D eigenvalue weighted by molar-refractivity contribution is 5.55. The zero-order valence-corrected chi connectivity index (χ0v) is 8.85. The van der Waals surface area contributed by atoms with Crippen molar-refractivity contribution >= 4 is 11.4 Å². The molecule has 82 valence electrons. The van der Waals surface area contributed by atoms with Crippen molar-refractivity contribution in [2.45, 2.75) is 0 Å². The lowest BCUT2D eigenvalue weighted by atomic mass is 10.2. The second-order valence-corrected chi connectivity index (χ2v) is 3.18. The van der Waals surface area contributed by atoms with Crippen molar-refractivity contribution in [2.75, 3.05) is 26.6 Å². The molecule has 0 aromatic heterocycles. The number of hydrogen-bond acceptors (Lipinski definition) is 5. The number of rotatable bonds is 4. The van der Waals surface area contributed by atoms with Crippen LogP contribution in [0.15, 0.2) is 18.2 Å². The molecule has 0 saturated heterocycles. The fourth-order valence-corrected chi connectivity index (χ4v) is 1.13. The molecule has 0 fully saturated rings. The summed E-state index contributed by atoms with van der Waals surface area (Å²) in [6.45, 7) is 0. The number of non-ortho nitro benzene ring substituents is 1. The molecule has 0 atom stereocenters. The first kappa shape index (κ1) is 11.3. The molecule has 0 aliphatic heterocycles. The van der Waals surface area contributed by atoms with Crippen LogP contribution in [-0.2, 0) is 0 Å². The first-order valence-corrected chi connectivity index (χ1v) is 4.30. The van der Waals surface area contributed by atoms with E-state index < -0.39 is 4.92 Å². The predicted octanol–water partition coefficient (Wildman–Crippen LogP) is 1.49. The summed E-state index contributed by atoms with van der Waals surface area (Å²) in [5.41, 5.74) is 3.54. The van der Waals surface area contributed by atoms with Gasteiger partial charge in [-0.3, -0.25) is 10.1 Å². The molecular formula is C9H13N3O3. The summed E-state index contributed by atoms with van der Waals surface area (Å²) >= 11 is 0. The summed E-state index contributed by atoms with van der Waals surface area (Å²) in [5, 5.41) is 12.3. The second-order valence-electron chi connectivity index (χ2n) is 3.18. The average Bonchev–Trinajstić information content (AvgIpc) is 2.16. The Morgan fingerprint density at radius 2 is 2.07 bits per heavy atom. The number of benzene rings is 1. The van der Waals surface area contributed by atoms with Crippen LogP contribution < -0.4 is 10.2 Å². The Morgan fingerprint density at radius 1 is 1.40 bits per heavy atom. The fraction of sp³-hybridized carbons (Fsp3) is 0.333. The Labute approximate surface area is 87.6 Å². The quantitative estimate of drug-likeness (QED) is 0.603. The Bertz CT molecular complexity index is 366. The summed E-state index contributed by atoms with van der Waals surface area (Å²) in [7, 11) is 5.06. The van der Waals surface area contributed by atoms with Crippen LogP contribution in [0.4, 0.5) is 11.4 Å². The van der Waals surface area contributed by atoms with E-state index in [0.717, 1.165) is 0 Å². The molecule has 0 radical (unpaired) electrons. The molecule has 0 heterocycles. The fourth-order valence-electron chi connectivity index (χ4n) is 1.13. The Balaban J connectivity index is 3.05. The number of hydrogen-bond donors (Lipinski definition) is 1. The van der Waals surface area contributed by atoms with Gasteiger partial charge in [-0.1, -0.05) is 0 Å². The van der Waals surface area contributed by atoms with Gasteiger partial charge in [-0.15, -0.1) is 0 Å². The van der Waals surface area contributed by atoms with Crippen molar-refractivity contribution in [1.29, 1.82) is 0 Å². The van der Waals surface area contributed by atoms with Crippen LogP contribution in [0.25, 0.3) is 0 Å². The summed E-state index contributed by atoms with van der Waals surface area (Å²) < 4.78 is 4.96. The van der Waals surface area contributed by atoms with Gasteiger partial charge in [0, 0.05) is 26.2 Å². The number of hydrazine groups is 1. The van der Waals surface area contributed by atoms with Crippen LogP contribution in [0.3, 0.4) is 0 Å². The third kappa shape index (κ3) is 3.10. The van der Waals surface area contributed by atoms with E-state index in [2.05, 4.69) is 5.43 Å². The molecule has 1 aromatic carbocycles. The van der Waals surface area contributed by atoms with E-state index in [-0.39, 0.29) is 5.69 Å². The number of ether oxygens (including phenoxy) is 1. The van der Waals surface area contributed by atoms with E-state index in [9.17, 15) is 10.1 Å². The monoisotopic (exact) mass is 211 g/mol. The minimum absolute atomic E-state index is 0.00120. The standard InChI is InChI=1S/C9H13N3O3/c1-11(2)10-7-4-8(12(13)14)6-9(5-7)15-3/h4-6,10H,1-3H3. The van der Waals surface area contributed by atoms with Crippen molar-refractivity contribution in [1.82, 2.24) is 5.01 Å². The minimum atomic E-state index is -0.455. The topological polar surface area (TPSA) is 67.6 Å². The molecule has 0 unspecified atom stereocenters. The van der Waals surface area contributed by atoms with Crippen molar-refractivity contribution in [2.24, 2.45) is 0 Å². The van der Waals surface area contributed by atoms with Gasteiger partial charge >= 0.3 is 0 Å². The van der Waals surface area contributed by atoms with Crippen LogP contribution >= 0.6 is 0 Å². The van der Waals surface area contributed by atoms with Crippen LogP contribution in [0.1, 0.15) is 0 Å². The molecule has 6 nitrogen and oxygen atoms in total. The molecule has 0 aliphatic carbocycles. The van der Waals surface area contributed by atoms with E-state index in [1.54, 1.807) is 25.2 Å². The molecule has 0 amide bonds. The Kier molecular flexibility index (Phi) is 3.46. The second kappa shape index (κ2) is 4.61. The lowest BCUT2D eigenvalue weighted by Crippen LogP contribution is -2.19. The van der Waals surface area contributed by atoms with Gasteiger partial charge in [0.2, 0.25) is 0 Å². The van der Waals surface area contributed by atoms with Crippen molar-refractivity contribution in [3.8, 4) is 5.75 Å². The van der Waals surface area contributed by atoms with E-state index >= 15 is 0 Å². The van der Waals surface area contributed by atoms with E-state index in [1.165, 1.54) is 19.2 Å². The number of methoxy groups -OCH3 is 1. The van der Waals surface area contributed by atoms with Crippen LogP contribution in [0.5, 0.6) is 5.75 Å². The molecule has 0 bridgehead atoms. The zero-order valence-electron chi connectivity index (χ0n) is 8.85. The van der Waals surface area contributed by atoms with E-state index in [1.807, 2.05) is 0 Å². The van der Waals surface area contributed by atoms with Gasteiger partial charge in [0.15, 0.2) is 0 Å². The Morgan fingerprint density at radius 3 is 2.53 bits per heavy atom. The smallest absolute Gasteiger partial charge is 0.275 e. The van der Waals surface area contributed by atoms with Gasteiger partial charge in [-0.2, -0.15) is 0 Å². The third-order valence-electron chi connectivity index (χ3n) is 1.69. The van der Waals surface area contributed by atoms with E-state index in [4.69, 9.17) is 4.74 Å². The molecule has 0 spiro atoms. The maximum absolute atomic E-state index is 10.6. The molecular weight excluding hydrogens is 198 g/mol. The summed E-state index contributed by atoms with van der Waals surface area (Å²) in [4.78, 5) is 10.2. The average molecular weight is 211 g/mol. The SMILES string of the molecule is COc1cc(NN(C)C)cc([N+](=O)[O-])c1. The number of nitrogens with zero attached hydrogens (tertiary/aromatic N) is 2. The zero-order chi connectivity index (χ0) is 11.4. The van der Waals surface area contributed by atoms with Crippen molar-refractivity contribution in [3.63, 3.8) is 0 Å². The number of nitrogens with one attached hydrogen (secondary N) is 1. The molecule has 0 saturated carbocycles. The lowest BCUT2D eigenvalue weighted by Gasteiger charge is -2.13. The molecule has 15 heavy (non-hydrogen) atoms. The van der Waals surface area contributed by atoms with Gasteiger partial charge in [0.05, 0.1) is 23.8 Å². The Hall–Kier alpha value is -1.82. The molecule has 1 rings (SSSR count). The maximum Gasteiger partial charge on any atom is 0.275 e. The predicted molar refractivity (Wildman–Crippen MR) is 57.0 cm³/mol. The largest absolute Gasteiger partial charge is 0.496 e. The molecule has 1 N–H and O–H groups in total. The number of nitro benzene ring substituents is 1. The van der Waals surface area contributed by atoms with Gasteiger partial charge < -0.3 is 10.2 Å². The number of anilines is 1. The van der Waals surface area contributed by atoms with Gasteiger partial charge in [0.1, 0.15) is 5.75 Å². The maximum atomic E-state index is 10.6. The van der Waals surface area contributed by atoms with Gasteiger partial charge in [0.25, 0.3) is 5.69 Å². The molecule has 1 aromatic rings. The molecule has 6 heteroatoms. The van der Waals surface area contributed by atoms with Crippen LogP contribution in [0, 0.1) is 10.1 Å². The van der Waals surface area contributed by atoms with Crippen LogP contribution in [-0.4, -0.2) is 31.1 Å². The summed E-state index contributed by atoms with van der Waals surface area (Å²) in [6.07, 6.45) is 0. The van der Waals surface area contributed by atoms with Crippen LogP contribution in [0.2, 0.25) is 0 Å².